The van der Waals surface area contributed by atoms with Crippen molar-refractivity contribution in [3.8, 4) is 5.75 Å². The molecule has 3 heterocycles. The molecule has 0 saturated carbocycles. The molecule has 5 rings (SSSR count). The predicted octanol–water partition coefficient (Wildman–Crippen LogP) is 5.27. The molecule has 0 aliphatic carbocycles. The fraction of sp³-hybridized carbons (Fsp3) is 0.182. The second-order valence-corrected chi connectivity index (χ2v) is 9.59. The van der Waals surface area contributed by atoms with Gasteiger partial charge in [-0.25, -0.2) is 0 Å². The first-order chi connectivity index (χ1) is 19.6. The van der Waals surface area contributed by atoms with Gasteiger partial charge in [0.15, 0.2) is 11.4 Å². The van der Waals surface area contributed by atoms with Crippen LogP contribution in [0.4, 0.5) is 0 Å². The number of fused-ring (bicyclic) bond motifs is 1. The summed E-state index contributed by atoms with van der Waals surface area (Å²) in [6, 6.07) is 22.9. The molecular formula is C33H32N4O3. The highest BCUT2D eigenvalue weighted by Gasteiger charge is 2.37. The van der Waals surface area contributed by atoms with E-state index in [4.69, 9.17) is 4.74 Å². The number of hydrogen-bond acceptors (Lipinski definition) is 5. The Kier molecular flexibility index (Phi) is 8.21. The minimum absolute atomic E-state index is 0.0311. The molecule has 7 nitrogen and oxygen atoms in total. The summed E-state index contributed by atoms with van der Waals surface area (Å²) in [6.07, 6.45) is 10.5. The topological polar surface area (TPSA) is 67.7 Å². The Balaban J connectivity index is 1.68. The van der Waals surface area contributed by atoms with Gasteiger partial charge in [0, 0.05) is 31.2 Å². The highest BCUT2D eigenvalue weighted by molar-refractivity contribution is 5.96. The molecule has 0 bridgehead atoms. The summed E-state index contributed by atoms with van der Waals surface area (Å²) < 4.78 is 7.86. The predicted molar refractivity (Wildman–Crippen MR) is 157 cm³/mol. The van der Waals surface area contributed by atoms with Crippen molar-refractivity contribution in [1.29, 1.82) is 0 Å². The number of benzene rings is 2. The molecule has 7 heteroatoms. The number of carbonyl (C=O) groups excluding carboxylic acids is 1. The highest BCUT2D eigenvalue weighted by Crippen LogP contribution is 2.34. The van der Waals surface area contributed by atoms with Gasteiger partial charge in [-0.15, -0.1) is 13.2 Å². The van der Waals surface area contributed by atoms with Gasteiger partial charge in [0.25, 0.3) is 5.91 Å². The van der Waals surface area contributed by atoms with Gasteiger partial charge in [-0.3, -0.25) is 24.3 Å². The van der Waals surface area contributed by atoms with E-state index in [0.29, 0.717) is 6.54 Å². The van der Waals surface area contributed by atoms with Crippen LogP contribution in [-0.2, 0) is 13.0 Å². The Morgan fingerprint density at radius 3 is 2.42 bits per heavy atom. The molecule has 40 heavy (non-hydrogen) atoms. The molecule has 1 unspecified atom stereocenters. The summed E-state index contributed by atoms with van der Waals surface area (Å²) in [5.74, 6) is -0.256. The number of allylic oxidation sites excluding steroid dienone is 1. The molecule has 1 aliphatic rings. The fourth-order valence-electron chi connectivity index (χ4n) is 5.07. The highest BCUT2D eigenvalue weighted by atomic mass is 16.5. The Bertz CT molecular complexity index is 1550. The first kappa shape index (κ1) is 26.7. The summed E-state index contributed by atoms with van der Waals surface area (Å²) in [6.45, 7) is 8.52. The number of amides is 1. The maximum Gasteiger partial charge on any atom is 0.278 e. The number of ether oxygens (including phenoxy) is 1. The fourth-order valence-corrected chi connectivity index (χ4v) is 5.07. The Morgan fingerprint density at radius 1 is 0.950 bits per heavy atom. The third-order valence-corrected chi connectivity index (χ3v) is 6.96. The number of rotatable bonds is 11. The quantitative estimate of drug-likeness (QED) is 0.246. The zero-order valence-electron chi connectivity index (χ0n) is 22.4. The van der Waals surface area contributed by atoms with Crippen LogP contribution in [0.1, 0.15) is 45.2 Å². The lowest BCUT2D eigenvalue weighted by Gasteiger charge is -2.44. The standard InChI is InChI=1S/C33H32N4O3/c1-3-5-14-27-22-34-19-17-28(27)30(26-15-10-7-11-16-26)37-24-35(20-4-2)33(39)31-32(29(38)18-21-36(31)37)40-23-25-12-8-6-9-13-25/h3-4,6-13,15-19,21-22,30H,1-2,5,14,20,23-24H2. The second-order valence-electron chi connectivity index (χ2n) is 9.59. The minimum Gasteiger partial charge on any atom is -0.482 e. The Hall–Kier alpha value is -4.91. The lowest BCUT2D eigenvalue weighted by Crippen LogP contribution is -2.55. The van der Waals surface area contributed by atoms with Gasteiger partial charge >= 0.3 is 0 Å². The van der Waals surface area contributed by atoms with E-state index >= 15 is 0 Å². The van der Waals surface area contributed by atoms with E-state index in [-0.39, 0.29) is 42.1 Å². The van der Waals surface area contributed by atoms with Gasteiger partial charge in [-0.1, -0.05) is 72.8 Å². The SMILES string of the molecule is C=CCCc1cnccc1C(c1ccccc1)N1CN(CC=C)C(=O)c2c(OCc3ccccc3)c(=O)ccn21. The monoisotopic (exact) mass is 532 g/mol. The molecule has 1 atom stereocenters. The van der Waals surface area contributed by atoms with Crippen molar-refractivity contribution in [2.45, 2.75) is 25.5 Å². The molecule has 0 fully saturated rings. The van der Waals surface area contributed by atoms with Crippen LogP contribution in [0.15, 0.2) is 121 Å². The zero-order valence-corrected chi connectivity index (χ0v) is 22.4. The van der Waals surface area contributed by atoms with Gasteiger partial charge in [0.05, 0.1) is 6.04 Å². The molecule has 0 N–H and O–H groups in total. The number of carbonyl (C=O) groups is 1. The van der Waals surface area contributed by atoms with Crippen molar-refractivity contribution in [1.82, 2.24) is 14.6 Å². The molecule has 0 saturated heterocycles. The maximum atomic E-state index is 13.8. The smallest absolute Gasteiger partial charge is 0.278 e. The average Bonchev–Trinajstić information content (AvgIpc) is 2.99. The number of aromatic nitrogens is 2. The van der Waals surface area contributed by atoms with Crippen molar-refractivity contribution in [2.24, 2.45) is 0 Å². The molecule has 1 amide bonds. The van der Waals surface area contributed by atoms with Gasteiger partial charge in [-0.2, -0.15) is 0 Å². The van der Waals surface area contributed by atoms with Gasteiger partial charge in [0.1, 0.15) is 13.3 Å². The van der Waals surface area contributed by atoms with E-state index in [0.717, 1.165) is 35.1 Å². The second kappa shape index (κ2) is 12.3. The first-order valence-corrected chi connectivity index (χ1v) is 13.3. The third-order valence-electron chi connectivity index (χ3n) is 6.96. The van der Waals surface area contributed by atoms with E-state index in [9.17, 15) is 9.59 Å². The third kappa shape index (κ3) is 5.45. The van der Waals surface area contributed by atoms with E-state index in [1.807, 2.05) is 66.9 Å². The van der Waals surface area contributed by atoms with Crippen LogP contribution < -0.4 is 15.2 Å². The summed E-state index contributed by atoms with van der Waals surface area (Å²) in [5.41, 5.74) is 3.94. The molecule has 0 spiro atoms. The van der Waals surface area contributed by atoms with Crippen molar-refractivity contribution in [3.05, 3.63) is 155 Å². The van der Waals surface area contributed by atoms with Crippen molar-refractivity contribution < 1.29 is 9.53 Å². The summed E-state index contributed by atoms with van der Waals surface area (Å²) >= 11 is 0. The number of aryl methyl sites for hydroxylation is 1. The van der Waals surface area contributed by atoms with Crippen LogP contribution in [0.5, 0.6) is 5.75 Å². The van der Waals surface area contributed by atoms with Crippen LogP contribution in [0.3, 0.4) is 0 Å². The van der Waals surface area contributed by atoms with Gasteiger partial charge < -0.3 is 9.64 Å². The summed E-state index contributed by atoms with van der Waals surface area (Å²) in [4.78, 5) is 33.1. The molecule has 1 aliphatic heterocycles. The lowest BCUT2D eigenvalue weighted by molar-refractivity contribution is 0.0698. The molecule has 2 aromatic heterocycles. The number of nitrogens with zero attached hydrogens (tertiary/aromatic N) is 4. The van der Waals surface area contributed by atoms with Crippen LogP contribution in [0.25, 0.3) is 0 Å². The molecule has 0 radical (unpaired) electrons. The molecule has 2 aromatic carbocycles. The van der Waals surface area contributed by atoms with E-state index in [1.54, 1.807) is 28.0 Å². The zero-order chi connectivity index (χ0) is 27.9. The van der Waals surface area contributed by atoms with Gasteiger partial charge in [-0.05, 0) is 41.2 Å². The maximum absolute atomic E-state index is 13.8. The Morgan fingerprint density at radius 2 is 1.70 bits per heavy atom. The van der Waals surface area contributed by atoms with Crippen LogP contribution in [0, 0.1) is 0 Å². The molecule has 202 valence electrons. The van der Waals surface area contributed by atoms with E-state index in [2.05, 4.69) is 35.3 Å². The van der Waals surface area contributed by atoms with Crippen molar-refractivity contribution in [3.63, 3.8) is 0 Å². The van der Waals surface area contributed by atoms with E-state index in [1.165, 1.54) is 6.07 Å². The average molecular weight is 533 g/mol. The van der Waals surface area contributed by atoms with Crippen molar-refractivity contribution >= 4 is 5.91 Å². The summed E-state index contributed by atoms with van der Waals surface area (Å²) in [5, 5.41) is 2.09. The van der Waals surface area contributed by atoms with Crippen LogP contribution >= 0.6 is 0 Å². The Labute approximate surface area is 234 Å². The van der Waals surface area contributed by atoms with Crippen molar-refractivity contribution in [2.75, 3.05) is 18.2 Å². The summed E-state index contributed by atoms with van der Waals surface area (Å²) in [7, 11) is 0. The lowest BCUT2D eigenvalue weighted by atomic mass is 9.93. The normalized spacial score (nSPS) is 13.4. The van der Waals surface area contributed by atoms with E-state index < -0.39 is 0 Å². The minimum atomic E-state index is -0.345. The number of hydrogen-bond donors (Lipinski definition) is 0. The largest absolute Gasteiger partial charge is 0.482 e. The van der Waals surface area contributed by atoms with Crippen LogP contribution in [-0.4, -0.2) is 33.7 Å². The van der Waals surface area contributed by atoms with Crippen LogP contribution in [0.2, 0.25) is 0 Å². The first-order valence-electron chi connectivity index (χ1n) is 13.3. The number of pyridine rings is 2. The molecular weight excluding hydrogens is 500 g/mol. The molecule has 4 aromatic rings. The van der Waals surface area contributed by atoms with Gasteiger partial charge in [0.2, 0.25) is 5.43 Å².